The molecule has 1 unspecified atom stereocenters. The summed E-state index contributed by atoms with van der Waals surface area (Å²) in [5.41, 5.74) is 11.7. The Kier molecular flexibility index (Phi) is 7.00. The van der Waals surface area contributed by atoms with Crippen LogP contribution in [0.5, 0.6) is 5.75 Å². The van der Waals surface area contributed by atoms with Crippen molar-refractivity contribution in [3.63, 3.8) is 0 Å². The zero-order valence-corrected chi connectivity index (χ0v) is 11.8. The maximum Gasteiger partial charge on any atom is 0.231 e. The second-order valence-corrected chi connectivity index (χ2v) is 4.61. The fraction of sp³-hybridized carbons (Fsp3) is 0.500. The molecule has 0 fully saturated rings. The lowest BCUT2D eigenvalue weighted by atomic mass is 10.2. The number of benzene rings is 1. The van der Waals surface area contributed by atoms with Crippen molar-refractivity contribution in [3.8, 4) is 5.75 Å². The van der Waals surface area contributed by atoms with Gasteiger partial charge in [0.1, 0.15) is 18.5 Å². The van der Waals surface area contributed by atoms with Crippen molar-refractivity contribution in [3.05, 3.63) is 29.8 Å². The lowest BCUT2D eigenvalue weighted by molar-refractivity contribution is -0.119. The molecule has 0 aliphatic carbocycles. The molecule has 0 bridgehead atoms. The summed E-state index contributed by atoms with van der Waals surface area (Å²) in [4.78, 5) is 12.6. The quantitative estimate of drug-likeness (QED) is 0.576. The highest BCUT2D eigenvalue weighted by atomic mass is 16.5. The first-order chi connectivity index (χ1) is 9.55. The second kappa shape index (κ2) is 8.52. The molecule has 1 rings (SSSR count). The van der Waals surface area contributed by atoms with Gasteiger partial charge in [0, 0.05) is 13.1 Å². The molecular weight excluding hydrogens is 258 g/mol. The highest BCUT2D eigenvalue weighted by Gasteiger charge is 2.13. The van der Waals surface area contributed by atoms with Crippen LogP contribution in [0.25, 0.3) is 0 Å². The van der Waals surface area contributed by atoms with E-state index in [0.29, 0.717) is 25.4 Å². The SMILES string of the molecule is CCN(CC(N)=O)CC(O)COc1cccc(CN)c1. The maximum absolute atomic E-state index is 10.9. The van der Waals surface area contributed by atoms with Crippen molar-refractivity contribution in [1.29, 1.82) is 0 Å². The average molecular weight is 281 g/mol. The molecule has 1 amide bonds. The van der Waals surface area contributed by atoms with Crippen molar-refractivity contribution >= 4 is 5.91 Å². The first-order valence-corrected chi connectivity index (χ1v) is 6.65. The number of likely N-dealkylation sites (N-methyl/N-ethyl adjacent to an activating group) is 1. The first kappa shape index (κ1) is 16.4. The number of rotatable bonds is 9. The van der Waals surface area contributed by atoms with Gasteiger partial charge in [0.2, 0.25) is 5.91 Å². The number of hydrogen-bond acceptors (Lipinski definition) is 5. The van der Waals surface area contributed by atoms with Crippen molar-refractivity contribution in [2.45, 2.75) is 19.6 Å². The minimum Gasteiger partial charge on any atom is -0.491 e. The number of nitrogens with two attached hydrogens (primary N) is 2. The van der Waals surface area contributed by atoms with Crippen molar-refractivity contribution in [2.24, 2.45) is 11.5 Å². The summed E-state index contributed by atoms with van der Waals surface area (Å²) in [6.45, 7) is 3.63. The lowest BCUT2D eigenvalue weighted by Crippen LogP contribution is -2.40. The van der Waals surface area contributed by atoms with Crippen LogP contribution in [0, 0.1) is 0 Å². The summed E-state index contributed by atoms with van der Waals surface area (Å²) in [7, 11) is 0. The molecule has 0 saturated heterocycles. The Bertz CT molecular complexity index is 426. The van der Waals surface area contributed by atoms with Crippen LogP contribution in [0.4, 0.5) is 0 Å². The van der Waals surface area contributed by atoms with E-state index in [1.807, 2.05) is 31.2 Å². The number of aliphatic hydroxyl groups is 1. The normalized spacial score (nSPS) is 12.4. The van der Waals surface area contributed by atoms with E-state index in [-0.39, 0.29) is 13.2 Å². The van der Waals surface area contributed by atoms with E-state index in [1.165, 1.54) is 0 Å². The Hall–Kier alpha value is -1.63. The largest absolute Gasteiger partial charge is 0.491 e. The molecule has 20 heavy (non-hydrogen) atoms. The summed E-state index contributed by atoms with van der Waals surface area (Å²) >= 11 is 0. The fourth-order valence-electron chi connectivity index (χ4n) is 1.83. The van der Waals surface area contributed by atoms with Gasteiger partial charge in [-0.15, -0.1) is 0 Å². The Morgan fingerprint density at radius 1 is 1.50 bits per heavy atom. The van der Waals surface area contributed by atoms with Gasteiger partial charge in [-0.1, -0.05) is 19.1 Å². The molecule has 0 saturated carbocycles. The fourth-order valence-corrected chi connectivity index (χ4v) is 1.83. The maximum atomic E-state index is 10.9. The van der Waals surface area contributed by atoms with Gasteiger partial charge in [0.25, 0.3) is 0 Å². The highest BCUT2D eigenvalue weighted by molar-refractivity contribution is 5.75. The molecule has 6 heteroatoms. The molecule has 0 aliphatic heterocycles. The van der Waals surface area contributed by atoms with Crippen LogP contribution >= 0.6 is 0 Å². The monoisotopic (exact) mass is 281 g/mol. The number of carbonyl (C=O) groups is 1. The van der Waals surface area contributed by atoms with Crippen molar-refractivity contribution < 1.29 is 14.6 Å². The smallest absolute Gasteiger partial charge is 0.231 e. The molecule has 1 aromatic carbocycles. The van der Waals surface area contributed by atoms with Crippen LogP contribution in [0.2, 0.25) is 0 Å². The summed E-state index contributed by atoms with van der Waals surface area (Å²) in [5, 5.41) is 9.91. The minimum absolute atomic E-state index is 0.135. The van der Waals surface area contributed by atoms with Gasteiger partial charge in [-0.3, -0.25) is 9.69 Å². The first-order valence-electron chi connectivity index (χ1n) is 6.65. The molecule has 1 atom stereocenters. The van der Waals surface area contributed by atoms with Gasteiger partial charge in [-0.05, 0) is 24.2 Å². The third-order valence-electron chi connectivity index (χ3n) is 2.87. The van der Waals surface area contributed by atoms with Crippen LogP contribution in [0.1, 0.15) is 12.5 Å². The summed E-state index contributed by atoms with van der Waals surface area (Å²) in [6.07, 6.45) is -0.684. The second-order valence-electron chi connectivity index (χ2n) is 4.61. The summed E-state index contributed by atoms with van der Waals surface area (Å²) < 4.78 is 5.51. The zero-order chi connectivity index (χ0) is 15.0. The average Bonchev–Trinajstić information content (AvgIpc) is 2.44. The van der Waals surface area contributed by atoms with E-state index < -0.39 is 12.0 Å². The molecule has 112 valence electrons. The van der Waals surface area contributed by atoms with Crippen molar-refractivity contribution in [1.82, 2.24) is 4.90 Å². The molecule has 6 nitrogen and oxygen atoms in total. The third-order valence-corrected chi connectivity index (χ3v) is 2.87. The standard InChI is InChI=1S/C14H23N3O3/c1-2-17(9-14(16)19)8-12(18)10-20-13-5-3-4-11(6-13)7-15/h3-6,12,18H,2,7-10,15H2,1H3,(H2,16,19). The third kappa shape index (κ3) is 6.01. The Morgan fingerprint density at radius 3 is 2.85 bits per heavy atom. The van der Waals surface area contributed by atoms with E-state index in [1.54, 1.807) is 4.90 Å². The molecule has 1 aromatic rings. The Labute approximate surface area is 119 Å². The van der Waals surface area contributed by atoms with Gasteiger partial charge in [0.05, 0.1) is 6.54 Å². The Morgan fingerprint density at radius 2 is 2.25 bits per heavy atom. The summed E-state index contributed by atoms with van der Waals surface area (Å²) in [5.74, 6) is 0.264. The molecule has 0 spiro atoms. The van der Waals surface area contributed by atoms with Crippen LogP contribution in [0.15, 0.2) is 24.3 Å². The van der Waals surface area contributed by atoms with E-state index in [9.17, 15) is 9.90 Å². The number of aliphatic hydroxyl groups excluding tert-OH is 1. The number of ether oxygens (including phenoxy) is 1. The van der Waals surface area contributed by atoms with Crippen molar-refractivity contribution in [2.75, 3.05) is 26.2 Å². The number of amides is 1. The van der Waals surface area contributed by atoms with Gasteiger partial charge in [-0.2, -0.15) is 0 Å². The zero-order valence-electron chi connectivity index (χ0n) is 11.8. The molecule has 5 N–H and O–H groups in total. The van der Waals surface area contributed by atoms with E-state index in [4.69, 9.17) is 16.2 Å². The van der Waals surface area contributed by atoms with Crippen LogP contribution in [0.3, 0.4) is 0 Å². The number of nitrogens with zero attached hydrogens (tertiary/aromatic N) is 1. The number of hydrogen-bond donors (Lipinski definition) is 3. The van der Waals surface area contributed by atoms with Crippen LogP contribution in [-0.4, -0.2) is 48.3 Å². The van der Waals surface area contributed by atoms with Gasteiger partial charge < -0.3 is 21.3 Å². The predicted molar refractivity (Wildman–Crippen MR) is 77.1 cm³/mol. The van der Waals surface area contributed by atoms with Crippen LogP contribution in [-0.2, 0) is 11.3 Å². The predicted octanol–water partition coefficient (Wildman–Crippen LogP) is -0.308. The molecule has 0 aliphatic rings. The number of primary amides is 1. The minimum atomic E-state index is -0.684. The lowest BCUT2D eigenvalue weighted by Gasteiger charge is -2.22. The number of carbonyl (C=O) groups excluding carboxylic acids is 1. The van der Waals surface area contributed by atoms with Crippen LogP contribution < -0.4 is 16.2 Å². The molecule has 0 aromatic heterocycles. The highest BCUT2D eigenvalue weighted by Crippen LogP contribution is 2.13. The van der Waals surface area contributed by atoms with E-state index in [2.05, 4.69) is 0 Å². The van der Waals surface area contributed by atoms with E-state index in [0.717, 1.165) is 5.56 Å². The van der Waals surface area contributed by atoms with Gasteiger partial charge in [-0.25, -0.2) is 0 Å². The molecule has 0 radical (unpaired) electrons. The topological polar surface area (TPSA) is 102 Å². The summed E-state index contributed by atoms with van der Waals surface area (Å²) in [6, 6.07) is 7.42. The Balaban J connectivity index is 2.41. The van der Waals surface area contributed by atoms with Gasteiger partial charge in [0.15, 0.2) is 0 Å². The van der Waals surface area contributed by atoms with Gasteiger partial charge >= 0.3 is 0 Å². The molecule has 0 heterocycles. The van der Waals surface area contributed by atoms with E-state index >= 15 is 0 Å². The molecular formula is C14H23N3O3.